The van der Waals surface area contributed by atoms with Gasteiger partial charge in [0.1, 0.15) is 17.3 Å². The van der Waals surface area contributed by atoms with Crippen LogP contribution in [0.5, 0.6) is 11.5 Å². The van der Waals surface area contributed by atoms with Crippen molar-refractivity contribution in [2.75, 3.05) is 13.2 Å². The fourth-order valence-electron chi connectivity index (χ4n) is 2.43. The third-order valence-electron chi connectivity index (χ3n) is 3.76. The summed E-state index contributed by atoms with van der Waals surface area (Å²) in [6.45, 7) is 3.00. The van der Waals surface area contributed by atoms with E-state index in [1.54, 1.807) is 0 Å². The number of ether oxygens (including phenoxy) is 2. The van der Waals surface area contributed by atoms with Crippen molar-refractivity contribution in [1.82, 2.24) is 0 Å². The molecule has 0 radical (unpaired) electrons. The van der Waals surface area contributed by atoms with Gasteiger partial charge in [-0.1, -0.05) is 43.3 Å². The van der Waals surface area contributed by atoms with Crippen LogP contribution < -0.4 is 9.47 Å². The number of carbonyl (C=O) groups excluding carboxylic acids is 1. The first kappa shape index (κ1) is 17.1. The standard InChI is InChI=1S/C20H24O3/c1-2-20(21)17(13-15-22-18-9-5-3-6-10-18)14-16-23-19-11-7-4-8-12-19/h3-12,17H,2,13-16H2,1H3. The van der Waals surface area contributed by atoms with E-state index in [2.05, 4.69) is 0 Å². The molecule has 0 aliphatic carbocycles. The van der Waals surface area contributed by atoms with Gasteiger partial charge in [-0.15, -0.1) is 0 Å². The summed E-state index contributed by atoms with van der Waals surface area (Å²) < 4.78 is 11.4. The highest BCUT2D eigenvalue weighted by Crippen LogP contribution is 2.16. The second kappa shape index (κ2) is 9.67. The first-order valence-corrected chi connectivity index (χ1v) is 8.18. The minimum absolute atomic E-state index is 0.00701. The summed E-state index contributed by atoms with van der Waals surface area (Å²) in [5.41, 5.74) is 0. The summed E-state index contributed by atoms with van der Waals surface area (Å²) >= 11 is 0. The number of para-hydroxylation sites is 2. The van der Waals surface area contributed by atoms with E-state index in [1.807, 2.05) is 67.6 Å². The zero-order valence-electron chi connectivity index (χ0n) is 13.6. The van der Waals surface area contributed by atoms with Gasteiger partial charge in [0.15, 0.2) is 0 Å². The van der Waals surface area contributed by atoms with Crippen molar-refractivity contribution in [1.29, 1.82) is 0 Å². The maximum Gasteiger partial charge on any atom is 0.135 e. The minimum atomic E-state index is -0.00701. The Bertz CT molecular complexity index is 520. The Hall–Kier alpha value is -2.29. The molecule has 0 bridgehead atoms. The lowest BCUT2D eigenvalue weighted by molar-refractivity contribution is -0.123. The van der Waals surface area contributed by atoms with Crippen LogP contribution in [-0.2, 0) is 4.79 Å². The number of ketones is 1. The molecule has 0 aliphatic rings. The molecular formula is C20H24O3. The van der Waals surface area contributed by atoms with Crippen LogP contribution in [0.1, 0.15) is 26.2 Å². The fraction of sp³-hybridized carbons (Fsp3) is 0.350. The van der Waals surface area contributed by atoms with Gasteiger partial charge in [0, 0.05) is 12.3 Å². The van der Waals surface area contributed by atoms with E-state index in [9.17, 15) is 4.79 Å². The Kier molecular flexibility index (Phi) is 7.18. The number of rotatable bonds is 10. The molecule has 0 aliphatic heterocycles. The van der Waals surface area contributed by atoms with Crippen LogP contribution in [0.25, 0.3) is 0 Å². The van der Waals surface area contributed by atoms with Crippen LogP contribution in [-0.4, -0.2) is 19.0 Å². The number of hydrogen-bond acceptors (Lipinski definition) is 3. The van der Waals surface area contributed by atoms with Crippen molar-refractivity contribution in [2.24, 2.45) is 5.92 Å². The summed E-state index contributed by atoms with van der Waals surface area (Å²) in [5, 5.41) is 0. The Labute approximate surface area is 138 Å². The highest BCUT2D eigenvalue weighted by atomic mass is 16.5. The quantitative estimate of drug-likeness (QED) is 0.647. The second-order valence-corrected chi connectivity index (χ2v) is 5.42. The molecule has 2 aromatic rings. The summed E-state index contributed by atoms with van der Waals surface area (Å²) in [6, 6.07) is 19.4. The highest BCUT2D eigenvalue weighted by Gasteiger charge is 2.17. The Balaban J connectivity index is 1.76. The zero-order valence-corrected chi connectivity index (χ0v) is 13.6. The van der Waals surface area contributed by atoms with E-state index in [0.717, 1.165) is 24.3 Å². The molecule has 0 saturated heterocycles. The molecule has 0 aromatic heterocycles. The average Bonchev–Trinajstić information content (AvgIpc) is 2.61. The molecule has 0 heterocycles. The molecule has 0 saturated carbocycles. The van der Waals surface area contributed by atoms with Gasteiger partial charge < -0.3 is 9.47 Å². The molecule has 3 nitrogen and oxygen atoms in total. The monoisotopic (exact) mass is 312 g/mol. The summed E-state index contributed by atoms with van der Waals surface area (Å²) in [5.74, 6) is 1.96. The van der Waals surface area contributed by atoms with Crippen LogP contribution in [0.3, 0.4) is 0 Å². The Morgan fingerprint density at radius 3 is 1.65 bits per heavy atom. The molecule has 23 heavy (non-hydrogen) atoms. The van der Waals surface area contributed by atoms with Gasteiger partial charge in [0.25, 0.3) is 0 Å². The molecule has 122 valence electrons. The van der Waals surface area contributed by atoms with Crippen molar-refractivity contribution >= 4 is 5.78 Å². The van der Waals surface area contributed by atoms with Gasteiger partial charge in [0.2, 0.25) is 0 Å². The van der Waals surface area contributed by atoms with Gasteiger partial charge in [-0.3, -0.25) is 4.79 Å². The molecular weight excluding hydrogens is 288 g/mol. The van der Waals surface area contributed by atoms with E-state index < -0.39 is 0 Å². The zero-order chi connectivity index (χ0) is 16.3. The molecule has 3 heteroatoms. The molecule has 0 amide bonds. The lowest BCUT2D eigenvalue weighted by atomic mass is 9.95. The Morgan fingerprint density at radius 1 is 0.826 bits per heavy atom. The van der Waals surface area contributed by atoms with E-state index >= 15 is 0 Å². The average molecular weight is 312 g/mol. The normalized spacial score (nSPS) is 10.5. The van der Waals surface area contributed by atoms with Crippen molar-refractivity contribution in [3.8, 4) is 11.5 Å². The van der Waals surface area contributed by atoms with E-state index in [-0.39, 0.29) is 11.7 Å². The summed E-state index contributed by atoms with van der Waals surface area (Å²) in [6.07, 6.45) is 2.00. The van der Waals surface area contributed by atoms with Gasteiger partial charge in [-0.05, 0) is 37.1 Å². The van der Waals surface area contributed by atoms with E-state index in [1.165, 1.54) is 0 Å². The lowest BCUT2D eigenvalue weighted by Crippen LogP contribution is -2.19. The van der Waals surface area contributed by atoms with Crippen LogP contribution >= 0.6 is 0 Å². The maximum atomic E-state index is 12.1. The van der Waals surface area contributed by atoms with Crippen LogP contribution in [0.2, 0.25) is 0 Å². The van der Waals surface area contributed by atoms with Crippen LogP contribution in [0, 0.1) is 5.92 Å². The summed E-state index contributed by atoms with van der Waals surface area (Å²) in [4.78, 5) is 12.1. The third-order valence-corrected chi connectivity index (χ3v) is 3.76. The van der Waals surface area contributed by atoms with Gasteiger partial charge in [-0.2, -0.15) is 0 Å². The molecule has 2 rings (SSSR count). The number of carbonyl (C=O) groups is 1. The molecule has 2 aromatic carbocycles. The predicted molar refractivity (Wildman–Crippen MR) is 91.9 cm³/mol. The van der Waals surface area contributed by atoms with Gasteiger partial charge >= 0.3 is 0 Å². The van der Waals surface area contributed by atoms with Crippen LogP contribution in [0.4, 0.5) is 0 Å². The number of Topliss-reactive ketones (excluding diaryl/α,β-unsaturated/α-hetero) is 1. The largest absolute Gasteiger partial charge is 0.494 e. The first-order valence-electron chi connectivity index (χ1n) is 8.18. The molecule has 0 spiro atoms. The first-order chi connectivity index (χ1) is 11.3. The lowest BCUT2D eigenvalue weighted by Gasteiger charge is -2.16. The SMILES string of the molecule is CCC(=O)C(CCOc1ccccc1)CCOc1ccccc1. The van der Waals surface area contributed by atoms with Crippen molar-refractivity contribution in [3.05, 3.63) is 60.7 Å². The van der Waals surface area contributed by atoms with Crippen LogP contribution in [0.15, 0.2) is 60.7 Å². The fourth-order valence-corrected chi connectivity index (χ4v) is 2.43. The molecule has 0 unspecified atom stereocenters. The number of hydrogen-bond donors (Lipinski definition) is 0. The van der Waals surface area contributed by atoms with E-state index in [0.29, 0.717) is 19.6 Å². The minimum Gasteiger partial charge on any atom is -0.494 e. The molecule has 0 atom stereocenters. The predicted octanol–water partition coefficient (Wildman–Crippen LogP) is 4.52. The summed E-state index contributed by atoms with van der Waals surface area (Å²) in [7, 11) is 0. The van der Waals surface area contributed by atoms with Crippen molar-refractivity contribution < 1.29 is 14.3 Å². The van der Waals surface area contributed by atoms with Crippen molar-refractivity contribution in [3.63, 3.8) is 0 Å². The molecule has 0 fully saturated rings. The van der Waals surface area contributed by atoms with Gasteiger partial charge in [-0.25, -0.2) is 0 Å². The third kappa shape index (κ3) is 6.15. The Morgan fingerprint density at radius 2 is 1.26 bits per heavy atom. The topological polar surface area (TPSA) is 35.5 Å². The molecule has 0 N–H and O–H groups in total. The smallest absolute Gasteiger partial charge is 0.135 e. The second-order valence-electron chi connectivity index (χ2n) is 5.42. The number of benzene rings is 2. The highest BCUT2D eigenvalue weighted by molar-refractivity contribution is 5.80. The van der Waals surface area contributed by atoms with Gasteiger partial charge in [0.05, 0.1) is 13.2 Å². The van der Waals surface area contributed by atoms with Crippen molar-refractivity contribution in [2.45, 2.75) is 26.2 Å². The maximum absolute atomic E-state index is 12.1. The van der Waals surface area contributed by atoms with E-state index in [4.69, 9.17) is 9.47 Å².